The zero-order valence-electron chi connectivity index (χ0n) is 11.2. The van der Waals surface area contributed by atoms with Crippen molar-refractivity contribution >= 4 is 11.8 Å². The Balaban J connectivity index is 2.30. The molecule has 0 aliphatic carbocycles. The van der Waals surface area contributed by atoms with Crippen LogP contribution in [0.1, 0.15) is 45.1 Å². The predicted octanol–water partition coefficient (Wildman–Crippen LogP) is 4.72. The summed E-state index contributed by atoms with van der Waals surface area (Å²) < 4.78 is 5.71. The average Bonchev–Trinajstić information content (AvgIpc) is 2.38. The quantitative estimate of drug-likeness (QED) is 0.619. The molecular formula is C15H24OS. The monoisotopic (exact) mass is 252 g/mol. The van der Waals surface area contributed by atoms with Crippen LogP contribution in [0.15, 0.2) is 24.3 Å². The van der Waals surface area contributed by atoms with Gasteiger partial charge in [-0.25, -0.2) is 0 Å². The van der Waals surface area contributed by atoms with Gasteiger partial charge >= 0.3 is 0 Å². The van der Waals surface area contributed by atoms with E-state index in [0.717, 1.165) is 18.8 Å². The topological polar surface area (TPSA) is 9.23 Å². The second-order valence-electron chi connectivity index (χ2n) is 4.28. The van der Waals surface area contributed by atoms with Gasteiger partial charge in [-0.15, -0.1) is 0 Å². The number of ether oxygens (including phenoxy) is 1. The van der Waals surface area contributed by atoms with Crippen LogP contribution in [0.5, 0.6) is 5.75 Å². The molecular weight excluding hydrogens is 228 g/mol. The van der Waals surface area contributed by atoms with Gasteiger partial charge in [-0.05, 0) is 48.0 Å². The van der Waals surface area contributed by atoms with E-state index >= 15 is 0 Å². The molecule has 0 aromatic heterocycles. The molecule has 0 saturated carbocycles. The lowest BCUT2D eigenvalue weighted by molar-refractivity contribution is 0.318. The Morgan fingerprint density at radius 1 is 1.18 bits per heavy atom. The van der Waals surface area contributed by atoms with Gasteiger partial charge in [-0.2, -0.15) is 11.8 Å². The summed E-state index contributed by atoms with van der Waals surface area (Å²) in [6.07, 6.45) is 2.32. The van der Waals surface area contributed by atoms with E-state index in [2.05, 4.69) is 45.0 Å². The standard InChI is InChI=1S/C15H24OS/c1-4-13(3)14-7-9-15(10-8-14)16-11-6-12-17-5-2/h7-10,13H,4-6,11-12H2,1-3H3. The number of rotatable bonds is 8. The highest BCUT2D eigenvalue weighted by Crippen LogP contribution is 2.21. The van der Waals surface area contributed by atoms with E-state index in [1.54, 1.807) is 0 Å². The molecule has 1 aromatic rings. The molecule has 96 valence electrons. The van der Waals surface area contributed by atoms with Crippen LogP contribution < -0.4 is 4.74 Å². The highest BCUT2D eigenvalue weighted by atomic mass is 32.2. The van der Waals surface area contributed by atoms with E-state index in [9.17, 15) is 0 Å². The normalized spacial score (nSPS) is 12.4. The van der Waals surface area contributed by atoms with Crippen LogP contribution in [0.25, 0.3) is 0 Å². The molecule has 1 aromatic carbocycles. The van der Waals surface area contributed by atoms with Gasteiger partial charge in [0.05, 0.1) is 6.61 Å². The summed E-state index contributed by atoms with van der Waals surface area (Å²) in [4.78, 5) is 0. The molecule has 1 unspecified atom stereocenters. The summed E-state index contributed by atoms with van der Waals surface area (Å²) in [5, 5.41) is 0. The minimum absolute atomic E-state index is 0.644. The van der Waals surface area contributed by atoms with Gasteiger partial charge in [0.15, 0.2) is 0 Å². The van der Waals surface area contributed by atoms with Crippen molar-refractivity contribution in [3.05, 3.63) is 29.8 Å². The van der Waals surface area contributed by atoms with Crippen LogP contribution >= 0.6 is 11.8 Å². The Labute approximate surface area is 110 Å². The van der Waals surface area contributed by atoms with Crippen molar-refractivity contribution in [2.24, 2.45) is 0 Å². The molecule has 0 bridgehead atoms. The zero-order valence-corrected chi connectivity index (χ0v) is 12.1. The van der Waals surface area contributed by atoms with E-state index in [0.29, 0.717) is 5.92 Å². The molecule has 0 aliphatic rings. The maximum Gasteiger partial charge on any atom is 0.119 e. The lowest BCUT2D eigenvalue weighted by Gasteiger charge is -2.10. The maximum absolute atomic E-state index is 5.71. The summed E-state index contributed by atoms with van der Waals surface area (Å²) >= 11 is 1.97. The van der Waals surface area contributed by atoms with Crippen LogP contribution in [0.3, 0.4) is 0 Å². The first-order chi connectivity index (χ1) is 8.27. The minimum atomic E-state index is 0.644. The molecule has 0 aliphatic heterocycles. The van der Waals surface area contributed by atoms with Crippen molar-refractivity contribution < 1.29 is 4.74 Å². The number of benzene rings is 1. The molecule has 1 atom stereocenters. The molecule has 2 heteroatoms. The summed E-state index contributed by atoms with van der Waals surface area (Å²) in [5.74, 6) is 4.04. The number of hydrogen-bond acceptors (Lipinski definition) is 2. The Hall–Kier alpha value is -0.630. The van der Waals surface area contributed by atoms with Crippen LogP contribution in [0, 0.1) is 0 Å². The molecule has 0 N–H and O–H groups in total. The molecule has 0 radical (unpaired) electrons. The molecule has 0 saturated heterocycles. The molecule has 0 spiro atoms. The van der Waals surface area contributed by atoms with E-state index in [4.69, 9.17) is 4.74 Å². The molecule has 1 rings (SSSR count). The van der Waals surface area contributed by atoms with Gasteiger partial charge in [-0.1, -0.05) is 32.9 Å². The number of thioether (sulfide) groups is 1. The lowest BCUT2D eigenvalue weighted by Crippen LogP contribution is -1.99. The summed E-state index contributed by atoms with van der Waals surface area (Å²) in [5.41, 5.74) is 1.40. The molecule has 0 fully saturated rings. The predicted molar refractivity (Wildman–Crippen MR) is 78.3 cm³/mol. The Morgan fingerprint density at radius 2 is 1.88 bits per heavy atom. The van der Waals surface area contributed by atoms with Crippen LogP contribution in [0.4, 0.5) is 0 Å². The van der Waals surface area contributed by atoms with E-state index in [1.165, 1.54) is 23.5 Å². The highest BCUT2D eigenvalue weighted by Gasteiger charge is 2.02. The average molecular weight is 252 g/mol. The second-order valence-corrected chi connectivity index (χ2v) is 5.67. The fourth-order valence-corrected chi connectivity index (χ4v) is 2.23. The third-order valence-corrected chi connectivity index (χ3v) is 3.95. The molecule has 0 amide bonds. The first-order valence-electron chi connectivity index (χ1n) is 6.58. The van der Waals surface area contributed by atoms with Gasteiger partial charge in [0, 0.05) is 0 Å². The van der Waals surface area contributed by atoms with Gasteiger partial charge in [0.1, 0.15) is 5.75 Å². The first kappa shape index (κ1) is 14.4. The number of hydrogen-bond donors (Lipinski definition) is 0. The molecule has 17 heavy (non-hydrogen) atoms. The Kier molecular flexibility index (Phi) is 7.18. The lowest BCUT2D eigenvalue weighted by atomic mass is 9.99. The van der Waals surface area contributed by atoms with E-state index < -0.39 is 0 Å². The Morgan fingerprint density at radius 3 is 2.47 bits per heavy atom. The van der Waals surface area contributed by atoms with Crippen molar-refractivity contribution in [3.63, 3.8) is 0 Å². The van der Waals surface area contributed by atoms with Crippen LogP contribution in [-0.4, -0.2) is 18.1 Å². The van der Waals surface area contributed by atoms with Crippen molar-refractivity contribution in [1.29, 1.82) is 0 Å². The van der Waals surface area contributed by atoms with E-state index in [-0.39, 0.29) is 0 Å². The largest absolute Gasteiger partial charge is 0.494 e. The van der Waals surface area contributed by atoms with Gasteiger partial charge < -0.3 is 4.74 Å². The second kappa shape index (κ2) is 8.46. The van der Waals surface area contributed by atoms with Gasteiger partial charge in [0.25, 0.3) is 0 Å². The third-order valence-electron chi connectivity index (χ3n) is 2.97. The smallest absolute Gasteiger partial charge is 0.119 e. The van der Waals surface area contributed by atoms with Crippen LogP contribution in [-0.2, 0) is 0 Å². The van der Waals surface area contributed by atoms with Crippen molar-refractivity contribution in [3.8, 4) is 5.75 Å². The van der Waals surface area contributed by atoms with Gasteiger partial charge in [0.2, 0.25) is 0 Å². The van der Waals surface area contributed by atoms with Crippen LogP contribution in [0.2, 0.25) is 0 Å². The molecule has 0 heterocycles. The van der Waals surface area contributed by atoms with Gasteiger partial charge in [-0.3, -0.25) is 0 Å². The van der Waals surface area contributed by atoms with Crippen molar-refractivity contribution in [2.45, 2.75) is 39.5 Å². The van der Waals surface area contributed by atoms with Crippen molar-refractivity contribution in [1.82, 2.24) is 0 Å². The highest BCUT2D eigenvalue weighted by molar-refractivity contribution is 7.99. The third kappa shape index (κ3) is 5.49. The zero-order chi connectivity index (χ0) is 12.5. The summed E-state index contributed by atoms with van der Waals surface area (Å²) in [6.45, 7) is 7.51. The molecule has 1 nitrogen and oxygen atoms in total. The fraction of sp³-hybridized carbons (Fsp3) is 0.600. The SMILES string of the molecule is CCSCCCOc1ccc(C(C)CC)cc1. The Bertz CT molecular complexity index is 294. The summed E-state index contributed by atoms with van der Waals surface area (Å²) in [6, 6.07) is 8.55. The maximum atomic E-state index is 5.71. The first-order valence-corrected chi connectivity index (χ1v) is 7.73. The summed E-state index contributed by atoms with van der Waals surface area (Å²) in [7, 11) is 0. The fourth-order valence-electron chi connectivity index (χ4n) is 1.62. The van der Waals surface area contributed by atoms with Crippen molar-refractivity contribution in [2.75, 3.05) is 18.1 Å². The minimum Gasteiger partial charge on any atom is -0.494 e. The van der Waals surface area contributed by atoms with E-state index in [1.807, 2.05) is 11.8 Å².